The molecule has 0 fully saturated rings. The molecule has 0 aliphatic rings. The molecule has 4 heterocycles. The molecule has 170 valence electrons. The summed E-state index contributed by atoms with van der Waals surface area (Å²) in [5.41, 5.74) is 1.66. The Balaban J connectivity index is 1.33. The summed E-state index contributed by atoms with van der Waals surface area (Å²) < 4.78 is 46.2. The van der Waals surface area contributed by atoms with E-state index in [0.717, 1.165) is 11.5 Å². The van der Waals surface area contributed by atoms with Crippen LogP contribution in [-0.2, 0) is 19.1 Å². The second-order valence-corrected chi connectivity index (χ2v) is 7.22. The van der Waals surface area contributed by atoms with Crippen molar-refractivity contribution in [2.75, 3.05) is 6.54 Å². The van der Waals surface area contributed by atoms with Crippen LogP contribution in [0.25, 0.3) is 16.6 Å². The molecule has 1 unspecified atom stereocenters. The standard InChI is InChI=1S/C20H17F3N8O2/c21-20(22,23)19-25-16(33-29-19)11-31-13-6-2-1-5-12(13)17(28-31)18(32)24-9-8-15-27-26-14-7-3-4-10-30(14)15/h1-7,10,18,24,32H,8-9,11H2. The van der Waals surface area contributed by atoms with Gasteiger partial charge in [-0.05, 0) is 18.2 Å². The first-order valence-electron chi connectivity index (χ1n) is 9.95. The number of halogens is 3. The van der Waals surface area contributed by atoms with Crippen LogP contribution in [0, 0.1) is 0 Å². The van der Waals surface area contributed by atoms with Crippen LogP contribution in [-0.4, -0.2) is 46.2 Å². The van der Waals surface area contributed by atoms with Crippen molar-refractivity contribution in [3.05, 3.63) is 71.9 Å². The predicted molar refractivity (Wildman–Crippen MR) is 108 cm³/mol. The average molecular weight is 458 g/mol. The summed E-state index contributed by atoms with van der Waals surface area (Å²) in [4.78, 5) is 3.38. The Labute approximate surface area is 183 Å². The summed E-state index contributed by atoms with van der Waals surface area (Å²) in [6, 6.07) is 12.6. The lowest BCUT2D eigenvalue weighted by molar-refractivity contribution is -0.146. The van der Waals surface area contributed by atoms with Gasteiger partial charge in [0, 0.05) is 24.5 Å². The van der Waals surface area contributed by atoms with Crippen molar-refractivity contribution >= 4 is 16.6 Å². The van der Waals surface area contributed by atoms with E-state index in [2.05, 4.69) is 30.8 Å². The smallest absolute Gasteiger partial charge is 0.373 e. The van der Waals surface area contributed by atoms with Gasteiger partial charge < -0.3 is 9.63 Å². The Morgan fingerprint density at radius 3 is 2.73 bits per heavy atom. The van der Waals surface area contributed by atoms with Gasteiger partial charge in [0.05, 0.1) is 5.52 Å². The van der Waals surface area contributed by atoms with E-state index in [4.69, 9.17) is 4.52 Å². The van der Waals surface area contributed by atoms with E-state index in [1.165, 1.54) is 4.68 Å². The largest absolute Gasteiger partial charge is 0.455 e. The molecule has 0 amide bonds. The molecule has 0 spiro atoms. The first-order chi connectivity index (χ1) is 15.9. The van der Waals surface area contributed by atoms with Crippen molar-refractivity contribution in [2.24, 2.45) is 0 Å². The molecule has 13 heteroatoms. The molecule has 1 aromatic carbocycles. The number of pyridine rings is 1. The van der Waals surface area contributed by atoms with Gasteiger partial charge in [-0.3, -0.25) is 14.4 Å². The van der Waals surface area contributed by atoms with Crippen LogP contribution in [0.5, 0.6) is 0 Å². The maximum Gasteiger partial charge on any atom is 0.455 e. The van der Waals surface area contributed by atoms with Crippen molar-refractivity contribution in [2.45, 2.75) is 25.4 Å². The third-order valence-electron chi connectivity index (χ3n) is 5.02. The second kappa shape index (κ2) is 8.26. The van der Waals surface area contributed by atoms with Gasteiger partial charge in [-0.2, -0.15) is 23.3 Å². The van der Waals surface area contributed by atoms with Crippen molar-refractivity contribution in [3.8, 4) is 0 Å². The molecule has 0 radical (unpaired) electrons. The number of aromatic nitrogens is 7. The fourth-order valence-electron chi connectivity index (χ4n) is 3.52. The number of nitrogens with zero attached hydrogens (tertiary/aromatic N) is 7. The zero-order valence-electron chi connectivity index (χ0n) is 16.9. The molecule has 0 aliphatic heterocycles. The molecule has 0 bridgehead atoms. The lowest BCUT2D eigenvalue weighted by atomic mass is 10.2. The molecule has 33 heavy (non-hydrogen) atoms. The Morgan fingerprint density at radius 1 is 1.09 bits per heavy atom. The highest BCUT2D eigenvalue weighted by Crippen LogP contribution is 2.27. The van der Waals surface area contributed by atoms with E-state index in [9.17, 15) is 18.3 Å². The first-order valence-corrected chi connectivity index (χ1v) is 9.95. The van der Waals surface area contributed by atoms with Gasteiger partial charge in [0.25, 0.3) is 5.82 Å². The Kier molecular flexibility index (Phi) is 5.26. The van der Waals surface area contributed by atoms with Crippen LogP contribution in [0.2, 0.25) is 0 Å². The van der Waals surface area contributed by atoms with Crippen molar-refractivity contribution in [1.29, 1.82) is 0 Å². The van der Waals surface area contributed by atoms with Gasteiger partial charge in [0.1, 0.15) is 18.1 Å². The SMILES string of the molecule is OC(NCCc1nnc2ccccn12)c1nn(Cc2nc(C(F)(F)F)no2)c2ccccc12. The number of para-hydroxylation sites is 1. The topological polar surface area (TPSA) is 119 Å². The Bertz CT molecular complexity index is 1410. The normalized spacial score (nSPS) is 13.2. The molecule has 0 aliphatic carbocycles. The molecule has 5 aromatic rings. The number of hydrogen-bond acceptors (Lipinski definition) is 8. The zero-order valence-corrected chi connectivity index (χ0v) is 16.9. The highest BCUT2D eigenvalue weighted by atomic mass is 19.4. The minimum absolute atomic E-state index is 0.179. The molecule has 5 rings (SSSR count). The van der Waals surface area contributed by atoms with E-state index in [1.807, 2.05) is 28.8 Å². The number of aliphatic hydroxyl groups excluding tert-OH is 1. The minimum atomic E-state index is -4.70. The summed E-state index contributed by atoms with van der Waals surface area (Å²) in [7, 11) is 0. The highest BCUT2D eigenvalue weighted by molar-refractivity contribution is 5.82. The molecule has 2 N–H and O–H groups in total. The third kappa shape index (κ3) is 4.15. The Morgan fingerprint density at radius 2 is 1.91 bits per heavy atom. The van der Waals surface area contributed by atoms with E-state index in [1.54, 1.807) is 24.3 Å². The second-order valence-electron chi connectivity index (χ2n) is 7.22. The summed E-state index contributed by atoms with van der Waals surface area (Å²) in [6.07, 6.45) is -3.46. The van der Waals surface area contributed by atoms with Crippen molar-refractivity contribution < 1.29 is 22.8 Å². The first kappa shape index (κ1) is 21.0. The molecular formula is C20H17F3N8O2. The molecular weight excluding hydrogens is 441 g/mol. The van der Waals surface area contributed by atoms with Crippen LogP contribution in [0.3, 0.4) is 0 Å². The van der Waals surface area contributed by atoms with E-state index < -0.39 is 18.2 Å². The Hall–Kier alpha value is -3.84. The average Bonchev–Trinajstić information content (AvgIpc) is 3.52. The molecule has 10 nitrogen and oxygen atoms in total. The van der Waals surface area contributed by atoms with Crippen LogP contribution in [0.4, 0.5) is 13.2 Å². The lowest BCUT2D eigenvalue weighted by Gasteiger charge is -2.10. The molecule has 1 atom stereocenters. The van der Waals surface area contributed by atoms with Gasteiger partial charge in [-0.25, -0.2) is 0 Å². The maximum atomic E-state index is 12.8. The fraction of sp³-hybridized carbons (Fsp3) is 0.250. The quantitative estimate of drug-likeness (QED) is 0.357. The summed E-state index contributed by atoms with van der Waals surface area (Å²) in [5, 5.41) is 29.9. The van der Waals surface area contributed by atoms with Gasteiger partial charge in [-0.15, -0.1) is 10.2 Å². The summed E-state index contributed by atoms with van der Waals surface area (Å²) in [5.74, 6) is -0.863. The van der Waals surface area contributed by atoms with Gasteiger partial charge >= 0.3 is 6.18 Å². The number of benzene rings is 1. The number of alkyl halides is 3. The molecule has 0 saturated heterocycles. The highest BCUT2D eigenvalue weighted by Gasteiger charge is 2.37. The van der Waals surface area contributed by atoms with E-state index in [0.29, 0.717) is 29.6 Å². The van der Waals surface area contributed by atoms with Crippen LogP contribution < -0.4 is 5.32 Å². The number of nitrogens with one attached hydrogen (secondary N) is 1. The van der Waals surface area contributed by atoms with Crippen molar-refractivity contribution in [1.82, 2.24) is 39.8 Å². The number of rotatable bonds is 7. The predicted octanol–water partition coefficient (Wildman–Crippen LogP) is 2.35. The van der Waals surface area contributed by atoms with Gasteiger partial charge in [-0.1, -0.05) is 29.4 Å². The summed E-state index contributed by atoms with van der Waals surface area (Å²) >= 11 is 0. The van der Waals surface area contributed by atoms with Gasteiger partial charge in [0.15, 0.2) is 11.9 Å². The van der Waals surface area contributed by atoms with E-state index >= 15 is 0 Å². The monoisotopic (exact) mass is 458 g/mol. The fourth-order valence-corrected chi connectivity index (χ4v) is 3.52. The van der Waals surface area contributed by atoms with Crippen LogP contribution in [0.1, 0.15) is 29.5 Å². The van der Waals surface area contributed by atoms with E-state index in [-0.39, 0.29) is 12.4 Å². The minimum Gasteiger partial charge on any atom is -0.373 e. The van der Waals surface area contributed by atoms with Crippen LogP contribution in [0.15, 0.2) is 53.2 Å². The maximum absolute atomic E-state index is 12.8. The molecule has 4 aromatic heterocycles. The van der Waals surface area contributed by atoms with Crippen LogP contribution >= 0.6 is 0 Å². The van der Waals surface area contributed by atoms with Gasteiger partial charge in [0.2, 0.25) is 5.89 Å². The summed E-state index contributed by atoms with van der Waals surface area (Å²) in [6.45, 7) is 0.207. The number of hydrogen-bond donors (Lipinski definition) is 2. The van der Waals surface area contributed by atoms with Crippen molar-refractivity contribution in [3.63, 3.8) is 0 Å². The number of fused-ring (bicyclic) bond motifs is 2. The zero-order chi connectivity index (χ0) is 23.0. The third-order valence-corrected chi connectivity index (χ3v) is 5.02. The number of aliphatic hydroxyl groups is 1. The molecule has 0 saturated carbocycles. The lowest BCUT2D eigenvalue weighted by Crippen LogP contribution is -2.24.